The lowest BCUT2D eigenvalue weighted by Crippen LogP contribution is -2.32. The third kappa shape index (κ3) is 4.22. The van der Waals surface area contributed by atoms with Crippen molar-refractivity contribution in [2.75, 3.05) is 0 Å². The second-order valence-corrected chi connectivity index (χ2v) is 2.57. The van der Waals surface area contributed by atoms with E-state index in [9.17, 15) is 0 Å². The van der Waals surface area contributed by atoms with Gasteiger partial charge >= 0.3 is 0 Å². The summed E-state index contributed by atoms with van der Waals surface area (Å²) in [5.74, 6) is 0. The van der Waals surface area contributed by atoms with E-state index in [2.05, 4.69) is 32.7 Å². The summed E-state index contributed by atoms with van der Waals surface area (Å²) in [7, 11) is 0. The summed E-state index contributed by atoms with van der Waals surface area (Å²) in [5.41, 5.74) is 0. The van der Waals surface area contributed by atoms with Crippen LogP contribution >= 0.6 is 0 Å². The van der Waals surface area contributed by atoms with Gasteiger partial charge in [-0.3, -0.25) is 0 Å². The highest BCUT2D eigenvalue weighted by Gasteiger charge is 1.99. The molecular weight excluding hydrogens is 110 g/mol. The van der Waals surface area contributed by atoms with Crippen molar-refractivity contribution >= 4 is 0 Å². The van der Waals surface area contributed by atoms with Gasteiger partial charge in [-0.15, -0.1) is 6.58 Å². The maximum atomic E-state index is 3.72. The molecule has 0 rings (SSSR count). The van der Waals surface area contributed by atoms with E-state index in [0.717, 1.165) is 6.42 Å². The Labute approximate surface area is 58.2 Å². The lowest BCUT2D eigenvalue weighted by molar-refractivity contribution is 0.513. The highest BCUT2D eigenvalue weighted by Crippen LogP contribution is 1.92. The van der Waals surface area contributed by atoms with Gasteiger partial charge in [0.2, 0.25) is 0 Å². The number of rotatable bonds is 4. The van der Waals surface area contributed by atoms with E-state index in [1.165, 1.54) is 0 Å². The average Bonchev–Trinajstić information content (AvgIpc) is 1.82. The first-order chi connectivity index (χ1) is 4.20. The number of hydrogen-bond donors (Lipinski definition) is 1. The fourth-order valence-electron chi connectivity index (χ4n) is 0.781. The SMILES string of the molecule is C=CC(CC)NC(C)C. The van der Waals surface area contributed by atoms with E-state index in [1.54, 1.807) is 0 Å². The van der Waals surface area contributed by atoms with Gasteiger partial charge in [-0.1, -0.05) is 26.8 Å². The van der Waals surface area contributed by atoms with Crippen molar-refractivity contribution in [3.05, 3.63) is 12.7 Å². The molecule has 0 aromatic heterocycles. The van der Waals surface area contributed by atoms with Crippen LogP contribution in [0, 0.1) is 0 Å². The maximum Gasteiger partial charge on any atom is 0.0247 e. The molecule has 0 radical (unpaired) electrons. The molecule has 0 bridgehead atoms. The van der Waals surface area contributed by atoms with Crippen molar-refractivity contribution in [1.29, 1.82) is 0 Å². The molecule has 0 spiro atoms. The molecule has 0 aliphatic heterocycles. The first-order valence-corrected chi connectivity index (χ1v) is 3.59. The fraction of sp³-hybridized carbons (Fsp3) is 0.750. The quantitative estimate of drug-likeness (QED) is 0.569. The Morgan fingerprint density at radius 1 is 1.56 bits per heavy atom. The van der Waals surface area contributed by atoms with Gasteiger partial charge in [0, 0.05) is 12.1 Å². The molecule has 1 unspecified atom stereocenters. The molecule has 0 aliphatic carbocycles. The van der Waals surface area contributed by atoms with Crippen molar-refractivity contribution in [3.8, 4) is 0 Å². The van der Waals surface area contributed by atoms with Gasteiger partial charge in [0.05, 0.1) is 0 Å². The van der Waals surface area contributed by atoms with E-state index in [1.807, 2.05) is 6.08 Å². The van der Waals surface area contributed by atoms with Gasteiger partial charge in [0.15, 0.2) is 0 Å². The van der Waals surface area contributed by atoms with Crippen LogP contribution in [-0.2, 0) is 0 Å². The van der Waals surface area contributed by atoms with Crippen molar-refractivity contribution in [1.82, 2.24) is 5.32 Å². The highest BCUT2D eigenvalue weighted by atomic mass is 14.9. The van der Waals surface area contributed by atoms with Crippen LogP contribution in [0.1, 0.15) is 27.2 Å². The summed E-state index contributed by atoms with van der Waals surface area (Å²) in [5, 5.41) is 3.36. The van der Waals surface area contributed by atoms with Crippen molar-refractivity contribution in [3.63, 3.8) is 0 Å². The molecule has 0 aromatic carbocycles. The van der Waals surface area contributed by atoms with Crippen LogP contribution < -0.4 is 5.32 Å². The highest BCUT2D eigenvalue weighted by molar-refractivity contribution is 4.84. The topological polar surface area (TPSA) is 12.0 Å². The molecule has 1 atom stereocenters. The first kappa shape index (κ1) is 8.70. The average molecular weight is 127 g/mol. The van der Waals surface area contributed by atoms with Crippen molar-refractivity contribution in [2.24, 2.45) is 0 Å². The Bertz CT molecular complexity index is 76.6. The zero-order chi connectivity index (χ0) is 7.28. The minimum atomic E-state index is 0.491. The molecule has 1 heteroatoms. The standard InChI is InChI=1S/C8H17N/c1-5-8(6-2)9-7(3)4/h5,7-9H,1,6H2,2-4H3. The van der Waals surface area contributed by atoms with E-state index in [4.69, 9.17) is 0 Å². The zero-order valence-corrected chi connectivity index (χ0v) is 6.65. The molecule has 0 heterocycles. The minimum absolute atomic E-state index is 0.491. The molecule has 0 fully saturated rings. The zero-order valence-electron chi connectivity index (χ0n) is 6.65. The van der Waals surface area contributed by atoms with Crippen LogP contribution in [0.25, 0.3) is 0 Å². The van der Waals surface area contributed by atoms with Crippen LogP contribution in [0.3, 0.4) is 0 Å². The largest absolute Gasteiger partial charge is 0.308 e. The smallest absolute Gasteiger partial charge is 0.0247 e. The van der Waals surface area contributed by atoms with Gasteiger partial charge < -0.3 is 5.32 Å². The Hall–Kier alpha value is -0.300. The van der Waals surface area contributed by atoms with E-state index < -0.39 is 0 Å². The Balaban J connectivity index is 3.42. The molecule has 1 N–H and O–H groups in total. The molecule has 0 aromatic rings. The second-order valence-electron chi connectivity index (χ2n) is 2.57. The minimum Gasteiger partial charge on any atom is -0.308 e. The third-order valence-corrected chi connectivity index (χ3v) is 1.27. The van der Waals surface area contributed by atoms with Gasteiger partial charge in [-0.25, -0.2) is 0 Å². The van der Waals surface area contributed by atoms with Crippen LogP contribution in [0.15, 0.2) is 12.7 Å². The third-order valence-electron chi connectivity index (χ3n) is 1.27. The maximum absolute atomic E-state index is 3.72. The van der Waals surface area contributed by atoms with Crippen LogP contribution in [0.5, 0.6) is 0 Å². The first-order valence-electron chi connectivity index (χ1n) is 3.59. The summed E-state index contributed by atoms with van der Waals surface area (Å²) < 4.78 is 0. The number of nitrogens with one attached hydrogen (secondary N) is 1. The summed E-state index contributed by atoms with van der Waals surface area (Å²) in [6, 6.07) is 1.05. The lowest BCUT2D eigenvalue weighted by Gasteiger charge is -2.14. The molecule has 0 saturated carbocycles. The Kier molecular flexibility index (Phi) is 4.41. The fourth-order valence-corrected chi connectivity index (χ4v) is 0.781. The Morgan fingerprint density at radius 3 is 2.22 bits per heavy atom. The van der Waals surface area contributed by atoms with Crippen LogP contribution in [0.2, 0.25) is 0 Å². The molecule has 9 heavy (non-hydrogen) atoms. The van der Waals surface area contributed by atoms with E-state index >= 15 is 0 Å². The lowest BCUT2D eigenvalue weighted by atomic mass is 10.2. The van der Waals surface area contributed by atoms with Crippen LogP contribution in [0.4, 0.5) is 0 Å². The Morgan fingerprint density at radius 2 is 2.11 bits per heavy atom. The van der Waals surface area contributed by atoms with Gasteiger partial charge in [-0.2, -0.15) is 0 Å². The molecule has 0 saturated heterocycles. The summed E-state index contributed by atoms with van der Waals surface area (Å²) in [4.78, 5) is 0. The summed E-state index contributed by atoms with van der Waals surface area (Å²) in [6.07, 6.45) is 3.08. The molecule has 54 valence electrons. The van der Waals surface area contributed by atoms with E-state index in [0.29, 0.717) is 12.1 Å². The van der Waals surface area contributed by atoms with Crippen molar-refractivity contribution in [2.45, 2.75) is 39.3 Å². The van der Waals surface area contributed by atoms with Gasteiger partial charge in [0.25, 0.3) is 0 Å². The second kappa shape index (κ2) is 4.57. The van der Waals surface area contributed by atoms with E-state index in [-0.39, 0.29) is 0 Å². The number of hydrogen-bond acceptors (Lipinski definition) is 1. The molecule has 0 amide bonds. The van der Waals surface area contributed by atoms with Gasteiger partial charge in [-0.05, 0) is 6.42 Å². The molecule has 1 nitrogen and oxygen atoms in total. The summed E-state index contributed by atoms with van der Waals surface area (Å²) in [6.45, 7) is 10.2. The monoisotopic (exact) mass is 127 g/mol. The molecular formula is C8H17N. The van der Waals surface area contributed by atoms with Gasteiger partial charge in [0.1, 0.15) is 0 Å². The van der Waals surface area contributed by atoms with Crippen LogP contribution in [-0.4, -0.2) is 12.1 Å². The van der Waals surface area contributed by atoms with Crippen molar-refractivity contribution < 1.29 is 0 Å². The summed E-state index contributed by atoms with van der Waals surface area (Å²) >= 11 is 0. The predicted molar refractivity (Wildman–Crippen MR) is 42.5 cm³/mol. The molecule has 0 aliphatic rings. The predicted octanol–water partition coefficient (Wildman–Crippen LogP) is 1.95. The normalized spacial score (nSPS) is 13.8.